The molecule has 0 bridgehead atoms. The average molecular weight is 213 g/mol. The lowest BCUT2D eigenvalue weighted by Crippen LogP contribution is -2.26. The Morgan fingerprint density at radius 2 is 2.21 bits per heavy atom. The summed E-state index contributed by atoms with van der Waals surface area (Å²) in [5.41, 5.74) is 0. The first-order chi connectivity index (χ1) is 6.75. The highest BCUT2D eigenvalue weighted by Crippen LogP contribution is 2.31. The zero-order chi connectivity index (χ0) is 9.97. The molecule has 4 nitrogen and oxygen atoms in total. The average Bonchev–Trinajstić information content (AvgIpc) is 2.56. The van der Waals surface area contributed by atoms with E-state index in [4.69, 9.17) is 0 Å². The molecular weight excluding hydrogens is 198 g/mol. The van der Waals surface area contributed by atoms with Crippen molar-refractivity contribution in [1.29, 1.82) is 0 Å². The first-order valence-electron chi connectivity index (χ1n) is 4.99. The third-order valence-electron chi connectivity index (χ3n) is 2.50. The second kappa shape index (κ2) is 4.31. The Hall–Kier alpha value is -0.550. The molecule has 1 heterocycles. The number of aromatic amines is 1. The fourth-order valence-corrected chi connectivity index (χ4v) is 2.86. The lowest BCUT2D eigenvalue weighted by molar-refractivity contribution is 0.137. The van der Waals surface area contributed by atoms with Gasteiger partial charge in [0.1, 0.15) is 5.82 Å². The highest BCUT2D eigenvalue weighted by atomic mass is 32.2. The number of hydrogen-bond donors (Lipinski definition) is 2. The second-order valence-corrected chi connectivity index (χ2v) is 4.92. The monoisotopic (exact) mass is 213 g/mol. The number of nitrogens with one attached hydrogen (secondary N) is 1. The van der Waals surface area contributed by atoms with Gasteiger partial charge >= 0.3 is 0 Å². The van der Waals surface area contributed by atoms with Gasteiger partial charge in [0.25, 0.3) is 0 Å². The zero-order valence-corrected chi connectivity index (χ0v) is 9.05. The van der Waals surface area contributed by atoms with Gasteiger partial charge in [-0.05, 0) is 19.8 Å². The van der Waals surface area contributed by atoms with E-state index in [0.717, 1.165) is 30.2 Å². The molecule has 1 fully saturated rings. The van der Waals surface area contributed by atoms with Crippen molar-refractivity contribution in [2.45, 2.75) is 49.1 Å². The summed E-state index contributed by atoms with van der Waals surface area (Å²) in [6, 6.07) is 0. The SMILES string of the molecule is Cc1nc(SC2CCCCC2O)n[nH]1. The molecule has 0 saturated heterocycles. The van der Waals surface area contributed by atoms with Crippen LogP contribution in [0, 0.1) is 6.92 Å². The number of aliphatic hydroxyl groups excluding tert-OH is 1. The third-order valence-corrected chi connectivity index (χ3v) is 3.75. The molecule has 1 aromatic rings. The predicted molar refractivity (Wildman–Crippen MR) is 55.2 cm³/mol. The molecule has 2 unspecified atom stereocenters. The number of aliphatic hydroxyl groups is 1. The Bertz CT molecular complexity index is 302. The summed E-state index contributed by atoms with van der Waals surface area (Å²) < 4.78 is 0. The first-order valence-corrected chi connectivity index (χ1v) is 5.87. The molecule has 1 aliphatic carbocycles. The van der Waals surface area contributed by atoms with Crippen molar-refractivity contribution < 1.29 is 5.11 Å². The Morgan fingerprint density at radius 3 is 2.86 bits per heavy atom. The summed E-state index contributed by atoms with van der Waals surface area (Å²) in [6.07, 6.45) is 4.15. The van der Waals surface area contributed by atoms with E-state index in [1.165, 1.54) is 6.42 Å². The standard InChI is InChI=1S/C9H15N3OS/c1-6-10-9(12-11-6)14-8-5-3-2-4-7(8)13/h7-8,13H,2-5H2,1H3,(H,10,11,12). The number of H-pyrrole nitrogens is 1. The quantitative estimate of drug-likeness (QED) is 0.781. The van der Waals surface area contributed by atoms with Crippen molar-refractivity contribution >= 4 is 11.8 Å². The Kier molecular flexibility index (Phi) is 3.08. The van der Waals surface area contributed by atoms with Crippen LogP contribution in [0.3, 0.4) is 0 Å². The van der Waals surface area contributed by atoms with Crippen molar-refractivity contribution in [2.75, 3.05) is 0 Å². The van der Waals surface area contributed by atoms with Crippen LogP contribution in [0.15, 0.2) is 5.16 Å². The Labute approximate surface area is 87.5 Å². The molecule has 1 aliphatic rings. The van der Waals surface area contributed by atoms with Gasteiger partial charge in [0, 0.05) is 5.25 Å². The molecule has 0 radical (unpaired) electrons. The van der Waals surface area contributed by atoms with Crippen LogP contribution in [0.4, 0.5) is 0 Å². The number of hydrogen-bond acceptors (Lipinski definition) is 4. The van der Waals surface area contributed by atoms with Crippen LogP contribution in [0.1, 0.15) is 31.5 Å². The first kappa shape index (κ1) is 9.98. The van der Waals surface area contributed by atoms with E-state index < -0.39 is 0 Å². The molecule has 1 aromatic heterocycles. The second-order valence-electron chi connectivity index (χ2n) is 3.71. The van der Waals surface area contributed by atoms with E-state index in [1.54, 1.807) is 11.8 Å². The van der Waals surface area contributed by atoms with Crippen molar-refractivity contribution in [2.24, 2.45) is 0 Å². The van der Waals surface area contributed by atoms with Crippen LogP contribution in [-0.2, 0) is 0 Å². The van der Waals surface area contributed by atoms with Crippen molar-refractivity contribution in [3.8, 4) is 0 Å². The van der Waals surface area contributed by atoms with Crippen molar-refractivity contribution in [3.63, 3.8) is 0 Å². The molecule has 14 heavy (non-hydrogen) atoms. The van der Waals surface area contributed by atoms with E-state index in [1.807, 2.05) is 6.92 Å². The molecular formula is C9H15N3OS. The molecule has 2 N–H and O–H groups in total. The number of thioether (sulfide) groups is 1. The van der Waals surface area contributed by atoms with Gasteiger partial charge in [0.2, 0.25) is 5.16 Å². The lowest BCUT2D eigenvalue weighted by atomic mass is 9.97. The molecule has 78 valence electrons. The van der Waals surface area contributed by atoms with Crippen LogP contribution in [0.25, 0.3) is 0 Å². The number of aryl methyl sites for hydroxylation is 1. The normalized spacial score (nSPS) is 27.9. The third kappa shape index (κ3) is 2.27. The van der Waals surface area contributed by atoms with Crippen LogP contribution < -0.4 is 0 Å². The number of rotatable bonds is 2. The van der Waals surface area contributed by atoms with Crippen LogP contribution in [0.2, 0.25) is 0 Å². The summed E-state index contributed by atoms with van der Waals surface area (Å²) in [6.45, 7) is 1.88. The van der Waals surface area contributed by atoms with E-state index >= 15 is 0 Å². The Balaban J connectivity index is 1.95. The number of nitrogens with zero attached hydrogens (tertiary/aromatic N) is 2. The van der Waals surface area contributed by atoms with Crippen LogP contribution in [-0.4, -0.2) is 31.6 Å². The predicted octanol–water partition coefficient (Wildman–Crippen LogP) is 1.51. The summed E-state index contributed by atoms with van der Waals surface area (Å²) in [7, 11) is 0. The maximum atomic E-state index is 9.75. The van der Waals surface area contributed by atoms with E-state index in [2.05, 4.69) is 15.2 Å². The molecule has 5 heteroatoms. The van der Waals surface area contributed by atoms with Gasteiger partial charge in [-0.1, -0.05) is 24.6 Å². The highest BCUT2D eigenvalue weighted by molar-refractivity contribution is 7.99. The summed E-state index contributed by atoms with van der Waals surface area (Å²) in [4.78, 5) is 4.22. The minimum absolute atomic E-state index is 0.187. The molecule has 0 aromatic carbocycles. The molecule has 0 amide bonds. The maximum Gasteiger partial charge on any atom is 0.208 e. The molecule has 0 aliphatic heterocycles. The zero-order valence-electron chi connectivity index (χ0n) is 8.23. The largest absolute Gasteiger partial charge is 0.392 e. The molecule has 2 rings (SSSR count). The van der Waals surface area contributed by atoms with Crippen molar-refractivity contribution in [3.05, 3.63) is 5.82 Å². The topological polar surface area (TPSA) is 61.8 Å². The molecule has 0 spiro atoms. The van der Waals surface area contributed by atoms with Gasteiger partial charge in [0.15, 0.2) is 0 Å². The van der Waals surface area contributed by atoms with Gasteiger partial charge in [-0.2, -0.15) is 0 Å². The van der Waals surface area contributed by atoms with Crippen LogP contribution >= 0.6 is 11.8 Å². The van der Waals surface area contributed by atoms with Gasteiger partial charge in [-0.25, -0.2) is 4.98 Å². The van der Waals surface area contributed by atoms with E-state index in [9.17, 15) is 5.11 Å². The van der Waals surface area contributed by atoms with Gasteiger partial charge in [-0.3, -0.25) is 5.10 Å². The smallest absolute Gasteiger partial charge is 0.208 e. The highest BCUT2D eigenvalue weighted by Gasteiger charge is 2.25. The van der Waals surface area contributed by atoms with Crippen molar-refractivity contribution in [1.82, 2.24) is 15.2 Å². The number of aromatic nitrogens is 3. The minimum atomic E-state index is -0.187. The Morgan fingerprint density at radius 1 is 1.43 bits per heavy atom. The van der Waals surface area contributed by atoms with Gasteiger partial charge in [0.05, 0.1) is 6.10 Å². The molecule has 2 atom stereocenters. The summed E-state index contributed by atoms with van der Waals surface area (Å²) >= 11 is 1.59. The summed E-state index contributed by atoms with van der Waals surface area (Å²) in [5, 5.41) is 17.7. The maximum absolute atomic E-state index is 9.75. The minimum Gasteiger partial charge on any atom is -0.392 e. The van der Waals surface area contributed by atoms with Gasteiger partial charge in [-0.15, -0.1) is 5.10 Å². The van der Waals surface area contributed by atoms with Crippen LogP contribution in [0.5, 0.6) is 0 Å². The van der Waals surface area contributed by atoms with E-state index in [0.29, 0.717) is 0 Å². The fourth-order valence-electron chi connectivity index (χ4n) is 1.73. The molecule has 1 saturated carbocycles. The van der Waals surface area contributed by atoms with Gasteiger partial charge < -0.3 is 5.11 Å². The fraction of sp³-hybridized carbons (Fsp3) is 0.778. The van der Waals surface area contributed by atoms with E-state index in [-0.39, 0.29) is 11.4 Å². The summed E-state index contributed by atoms with van der Waals surface area (Å²) in [5.74, 6) is 0.831. The lowest BCUT2D eigenvalue weighted by Gasteiger charge is -2.25.